The second-order valence-corrected chi connectivity index (χ2v) is 13.5. The van der Waals surface area contributed by atoms with Crippen LogP contribution in [0.25, 0.3) is 32.8 Å². The monoisotopic (exact) mass is 691 g/mol. The van der Waals surface area contributed by atoms with Crippen LogP contribution in [-0.4, -0.2) is 58.6 Å². The van der Waals surface area contributed by atoms with Gasteiger partial charge in [-0.25, -0.2) is 9.78 Å². The largest absolute Gasteiger partial charge is 0.444 e. The summed E-state index contributed by atoms with van der Waals surface area (Å²) in [5, 5.41) is 19.4. The van der Waals surface area contributed by atoms with E-state index in [0.717, 1.165) is 57.8 Å². The number of primary amides is 1. The molecule has 0 bridgehead atoms. The Morgan fingerprint density at radius 1 is 0.960 bits per heavy atom. The summed E-state index contributed by atoms with van der Waals surface area (Å²) < 4.78 is 5.72. The van der Waals surface area contributed by atoms with E-state index in [1.807, 2.05) is 69.3 Å². The maximum Gasteiger partial charge on any atom is 0.410 e. The molecule has 50 heavy (non-hydrogen) atoms. The lowest BCUT2D eigenvalue weighted by atomic mass is 9.97. The van der Waals surface area contributed by atoms with Crippen LogP contribution in [0.2, 0.25) is 5.02 Å². The fourth-order valence-electron chi connectivity index (χ4n) is 5.76. The fraction of sp³-hybridized carbons (Fsp3) is 0.308. The number of hydrogen-bond acceptors (Lipinski definition) is 8. The van der Waals surface area contributed by atoms with Crippen LogP contribution in [0.5, 0.6) is 0 Å². The number of hydrogen-bond donors (Lipinski definition) is 3. The number of benzene rings is 3. The highest BCUT2D eigenvalue weighted by molar-refractivity contribution is 6.33. The van der Waals surface area contributed by atoms with Crippen LogP contribution in [0.4, 0.5) is 10.6 Å². The van der Waals surface area contributed by atoms with Gasteiger partial charge in [0, 0.05) is 70.9 Å². The van der Waals surface area contributed by atoms with Crippen LogP contribution in [-0.2, 0) is 17.7 Å². The van der Waals surface area contributed by atoms with Gasteiger partial charge in [-0.05, 0) is 81.1 Å². The summed E-state index contributed by atoms with van der Waals surface area (Å²) in [5.74, 6) is 0.107. The van der Waals surface area contributed by atoms with Crippen molar-refractivity contribution in [3.05, 3.63) is 101 Å². The number of nitriles is 1. The Kier molecular flexibility index (Phi) is 11.9. The summed E-state index contributed by atoms with van der Waals surface area (Å²) in [7, 11) is 0. The van der Waals surface area contributed by atoms with E-state index < -0.39 is 11.5 Å². The molecule has 4 N–H and O–H groups in total. The molecule has 2 heterocycles. The first-order valence-electron chi connectivity index (χ1n) is 16.7. The molecule has 3 aromatic carbocycles. The number of fused-ring (bicyclic) bond motifs is 3. The standard InChI is InChI=1S/C39H42ClN7O3/c1-39(2,3)50-38(49)47(21-19-45-37-32-15-18-44-25-33(32)31-13-11-28(36(42)48)23-35(31)46-37)20-7-6-17-43-24-26-10-12-30(34(40)22-26)29-9-5-4-8-27(29)14-16-41/h4-5,8-13,15,18,22-23,25,43H,6-7,14,17,19-21,24H2,1-3H3,(H2,42,48)(H,45,46). The van der Waals surface area contributed by atoms with Gasteiger partial charge in [-0.3, -0.25) is 9.78 Å². The van der Waals surface area contributed by atoms with E-state index in [4.69, 9.17) is 27.1 Å². The highest BCUT2D eigenvalue weighted by Crippen LogP contribution is 2.32. The van der Waals surface area contributed by atoms with Crippen molar-refractivity contribution >= 4 is 51.1 Å². The molecule has 2 aromatic heterocycles. The van der Waals surface area contributed by atoms with Crippen molar-refractivity contribution in [2.75, 3.05) is 31.5 Å². The molecule has 0 aliphatic rings. The van der Waals surface area contributed by atoms with Gasteiger partial charge in [-0.1, -0.05) is 54.1 Å². The number of nitrogens with one attached hydrogen (secondary N) is 2. The maximum atomic E-state index is 13.2. The van der Waals surface area contributed by atoms with Gasteiger partial charge in [0.25, 0.3) is 0 Å². The van der Waals surface area contributed by atoms with E-state index in [2.05, 4.69) is 27.8 Å². The third kappa shape index (κ3) is 9.26. The number of pyridine rings is 2. The third-order valence-electron chi connectivity index (χ3n) is 8.18. The Bertz CT molecular complexity index is 2040. The van der Waals surface area contributed by atoms with Crippen molar-refractivity contribution in [2.24, 2.45) is 5.73 Å². The molecule has 258 valence electrons. The summed E-state index contributed by atoms with van der Waals surface area (Å²) >= 11 is 6.67. The molecular weight excluding hydrogens is 650 g/mol. The van der Waals surface area contributed by atoms with Gasteiger partial charge in [-0.15, -0.1) is 0 Å². The minimum atomic E-state index is -0.625. The van der Waals surface area contributed by atoms with Crippen LogP contribution in [0.15, 0.2) is 79.1 Å². The summed E-state index contributed by atoms with van der Waals surface area (Å²) in [4.78, 5) is 35.8. The van der Waals surface area contributed by atoms with Gasteiger partial charge < -0.3 is 26.0 Å². The second-order valence-electron chi connectivity index (χ2n) is 13.1. The molecule has 0 saturated carbocycles. The molecular formula is C39H42ClN7O3. The summed E-state index contributed by atoms with van der Waals surface area (Å²) in [6.07, 6.45) is 5.07. The zero-order chi connectivity index (χ0) is 35.7. The van der Waals surface area contributed by atoms with Gasteiger partial charge in [0.1, 0.15) is 11.4 Å². The highest BCUT2D eigenvalue weighted by Gasteiger charge is 2.22. The van der Waals surface area contributed by atoms with Crippen LogP contribution < -0.4 is 16.4 Å². The Labute approximate surface area is 297 Å². The smallest absolute Gasteiger partial charge is 0.410 e. The van der Waals surface area contributed by atoms with Gasteiger partial charge in [0.05, 0.1) is 18.0 Å². The van der Waals surface area contributed by atoms with E-state index in [1.165, 1.54) is 0 Å². The van der Waals surface area contributed by atoms with E-state index >= 15 is 0 Å². The Morgan fingerprint density at radius 3 is 2.54 bits per heavy atom. The highest BCUT2D eigenvalue weighted by atomic mass is 35.5. The summed E-state index contributed by atoms with van der Waals surface area (Å²) in [6.45, 7) is 8.34. The minimum absolute atomic E-state index is 0.328. The molecule has 5 aromatic rings. The van der Waals surface area contributed by atoms with Gasteiger partial charge in [0.15, 0.2) is 0 Å². The number of anilines is 1. The van der Waals surface area contributed by atoms with Crippen LogP contribution in [0.1, 0.15) is 55.1 Å². The molecule has 0 spiro atoms. The SMILES string of the molecule is CC(C)(C)OC(=O)N(CCCCNCc1ccc(-c2ccccc2CC#N)c(Cl)c1)CCNc1nc2cc(C(N)=O)ccc2c2cnccc12. The first kappa shape index (κ1) is 36.1. The predicted molar refractivity (Wildman–Crippen MR) is 199 cm³/mol. The molecule has 0 unspecified atom stereocenters. The first-order valence-corrected chi connectivity index (χ1v) is 17.1. The normalized spacial score (nSPS) is 11.3. The molecule has 11 heteroatoms. The second kappa shape index (κ2) is 16.4. The Hall–Kier alpha value is -5.24. The number of carbonyl (C=O) groups excluding carboxylic acids is 2. The molecule has 0 aliphatic heterocycles. The maximum absolute atomic E-state index is 13.2. The quantitative estimate of drug-likeness (QED) is 0.0802. The first-order chi connectivity index (χ1) is 24.0. The molecule has 0 aliphatic carbocycles. The summed E-state index contributed by atoms with van der Waals surface area (Å²) in [6, 6.07) is 23.2. The number of nitrogens with two attached hydrogens (primary N) is 1. The lowest BCUT2D eigenvalue weighted by Crippen LogP contribution is -2.40. The van der Waals surface area contributed by atoms with Gasteiger partial charge in [0.2, 0.25) is 5.91 Å². The summed E-state index contributed by atoms with van der Waals surface area (Å²) in [5.41, 5.74) is 9.80. The van der Waals surface area contributed by atoms with Crippen molar-refractivity contribution in [1.29, 1.82) is 5.26 Å². The van der Waals surface area contributed by atoms with Crippen molar-refractivity contribution in [3.8, 4) is 17.2 Å². The number of aromatic nitrogens is 2. The molecule has 2 amide bonds. The lowest BCUT2D eigenvalue weighted by Gasteiger charge is -2.27. The van der Waals surface area contributed by atoms with E-state index in [1.54, 1.807) is 29.4 Å². The van der Waals surface area contributed by atoms with Crippen molar-refractivity contribution in [2.45, 2.75) is 52.2 Å². The van der Waals surface area contributed by atoms with Crippen LogP contribution >= 0.6 is 11.6 Å². The fourth-order valence-corrected chi connectivity index (χ4v) is 6.07. The number of halogens is 1. The molecule has 0 radical (unpaired) electrons. The number of nitrogens with zero attached hydrogens (tertiary/aromatic N) is 4. The zero-order valence-electron chi connectivity index (χ0n) is 28.6. The topological polar surface area (TPSA) is 146 Å². The Balaban J connectivity index is 1.17. The zero-order valence-corrected chi connectivity index (χ0v) is 29.4. The van der Waals surface area contributed by atoms with Crippen molar-refractivity contribution in [1.82, 2.24) is 20.2 Å². The van der Waals surface area contributed by atoms with Crippen molar-refractivity contribution in [3.63, 3.8) is 0 Å². The Morgan fingerprint density at radius 2 is 1.78 bits per heavy atom. The minimum Gasteiger partial charge on any atom is -0.444 e. The number of unbranched alkanes of at least 4 members (excludes halogenated alkanes) is 1. The predicted octanol–water partition coefficient (Wildman–Crippen LogP) is 7.49. The number of ether oxygens (including phenoxy) is 1. The third-order valence-corrected chi connectivity index (χ3v) is 8.49. The average Bonchev–Trinajstić information content (AvgIpc) is 3.08. The van der Waals surface area contributed by atoms with E-state index in [0.29, 0.717) is 54.5 Å². The number of carbonyl (C=O) groups is 2. The van der Waals surface area contributed by atoms with Crippen LogP contribution in [0.3, 0.4) is 0 Å². The average molecular weight is 692 g/mol. The van der Waals surface area contributed by atoms with Crippen molar-refractivity contribution < 1.29 is 14.3 Å². The van der Waals surface area contributed by atoms with Crippen LogP contribution in [0, 0.1) is 11.3 Å². The van der Waals surface area contributed by atoms with Gasteiger partial charge in [-0.2, -0.15) is 5.26 Å². The van der Waals surface area contributed by atoms with E-state index in [-0.39, 0.29) is 6.09 Å². The molecule has 0 saturated heterocycles. The molecule has 10 nitrogen and oxygen atoms in total. The molecule has 0 atom stereocenters. The molecule has 5 rings (SSSR count). The van der Waals surface area contributed by atoms with Gasteiger partial charge >= 0.3 is 6.09 Å². The number of amides is 2. The van der Waals surface area contributed by atoms with E-state index in [9.17, 15) is 14.9 Å². The lowest BCUT2D eigenvalue weighted by molar-refractivity contribution is 0.0254. The molecule has 0 fully saturated rings. The number of rotatable bonds is 14.